The first-order valence-corrected chi connectivity index (χ1v) is 5.31. The van der Waals surface area contributed by atoms with Gasteiger partial charge in [0, 0.05) is 19.5 Å². The van der Waals surface area contributed by atoms with E-state index in [1.165, 1.54) is 4.90 Å². The van der Waals surface area contributed by atoms with Gasteiger partial charge in [0.05, 0.1) is 5.92 Å². The van der Waals surface area contributed by atoms with Gasteiger partial charge in [0.2, 0.25) is 5.91 Å². The quantitative estimate of drug-likeness (QED) is 0.773. The highest BCUT2D eigenvalue weighted by Gasteiger charge is 2.62. The van der Waals surface area contributed by atoms with Crippen LogP contribution in [0.15, 0.2) is 0 Å². The van der Waals surface area contributed by atoms with Gasteiger partial charge in [-0.2, -0.15) is 0 Å². The van der Waals surface area contributed by atoms with Gasteiger partial charge >= 0.3 is 5.97 Å². The Kier molecular flexibility index (Phi) is 2.59. The van der Waals surface area contributed by atoms with Gasteiger partial charge < -0.3 is 10.0 Å². The Morgan fingerprint density at radius 2 is 2.00 bits per heavy atom. The highest BCUT2D eigenvalue weighted by atomic mass is 19.3. The van der Waals surface area contributed by atoms with Crippen LogP contribution in [0.2, 0.25) is 0 Å². The van der Waals surface area contributed by atoms with E-state index < -0.39 is 29.6 Å². The number of aliphatic carboxylic acids is 1. The third kappa shape index (κ3) is 2.01. The second-order valence-corrected chi connectivity index (χ2v) is 4.48. The Hall–Kier alpha value is -1.20. The molecule has 1 N–H and O–H groups in total. The minimum absolute atomic E-state index is 0.0702. The van der Waals surface area contributed by atoms with Gasteiger partial charge in [-0.3, -0.25) is 9.59 Å². The lowest BCUT2D eigenvalue weighted by molar-refractivity contribution is -0.146. The van der Waals surface area contributed by atoms with Crippen LogP contribution in [0.25, 0.3) is 0 Å². The fourth-order valence-corrected chi connectivity index (χ4v) is 2.08. The van der Waals surface area contributed by atoms with Gasteiger partial charge in [0.25, 0.3) is 5.92 Å². The van der Waals surface area contributed by atoms with E-state index in [-0.39, 0.29) is 13.0 Å². The average molecular weight is 233 g/mol. The molecule has 1 aliphatic heterocycles. The third-order valence-corrected chi connectivity index (χ3v) is 3.21. The Bertz CT molecular complexity index is 332. The van der Waals surface area contributed by atoms with Gasteiger partial charge in [-0.15, -0.1) is 0 Å². The molecule has 0 radical (unpaired) electrons. The summed E-state index contributed by atoms with van der Waals surface area (Å²) >= 11 is 0. The van der Waals surface area contributed by atoms with Crippen LogP contribution in [0.5, 0.6) is 0 Å². The van der Waals surface area contributed by atoms with Crippen LogP contribution in [-0.2, 0) is 9.59 Å². The SMILES string of the molecule is O=C(O)[C@H]1CCCN(C(=O)C2CC2(F)F)C1. The zero-order chi connectivity index (χ0) is 11.9. The number of hydrogen-bond acceptors (Lipinski definition) is 2. The number of carbonyl (C=O) groups is 2. The third-order valence-electron chi connectivity index (χ3n) is 3.21. The van der Waals surface area contributed by atoms with Crippen molar-refractivity contribution >= 4 is 11.9 Å². The normalized spacial score (nSPS) is 32.2. The number of amides is 1. The molecule has 0 aromatic carbocycles. The summed E-state index contributed by atoms with van der Waals surface area (Å²) in [5.41, 5.74) is 0. The molecule has 1 heterocycles. The molecule has 1 aliphatic carbocycles. The molecule has 2 fully saturated rings. The number of piperidine rings is 1. The van der Waals surface area contributed by atoms with E-state index in [1.807, 2.05) is 0 Å². The van der Waals surface area contributed by atoms with Gasteiger partial charge in [-0.1, -0.05) is 0 Å². The zero-order valence-corrected chi connectivity index (χ0v) is 8.66. The molecule has 1 saturated carbocycles. The zero-order valence-electron chi connectivity index (χ0n) is 8.66. The highest BCUT2D eigenvalue weighted by Crippen LogP contribution is 2.49. The average Bonchev–Trinajstić information content (AvgIpc) is 2.87. The first-order chi connectivity index (χ1) is 7.42. The van der Waals surface area contributed by atoms with Crippen LogP contribution in [0.4, 0.5) is 8.78 Å². The molecule has 6 heteroatoms. The number of rotatable bonds is 2. The summed E-state index contributed by atoms with van der Waals surface area (Å²) in [4.78, 5) is 23.6. The molecule has 2 aliphatic rings. The molecule has 1 saturated heterocycles. The molecule has 1 amide bonds. The first kappa shape index (κ1) is 11.3. The van der Waals surface area contributed by atoms with Gasteiger partial charge in [-0.25, -0.2) is 8.78 Å². The minimum Gasteiger partial charge on any atom is -0.481 e. The van der Waals surface area contributed by atoms with Crippen molar-refractivity contribution in [1.82, 2.24) is 4.90 Å². The van der Waals surface area contributed by atoms with Crippen LogP contribution < -0.4 is 0 Å². The fraction of sp³-hybridized carbons (Fsp3) is 0.800. The predicted octanol–water partition coefficient (Wildman–Crippen LogP) is 0.965. The van der Waals surface area contributed by atoms with E-state index in [0.29, 0.717) is 19.4 Å². The summed E-state index contributed by atoms with van der Waals surface area (Å²) in [7, 11) is 0. The topological polar surface area (TPSA) is 57.6 Å². The van der Waals surface area contributed by atoms with E-state index in [2.05, 4.69) is 0 Å². The van der Waals surface area contributed by atoms with Crippen molar-refractivity contribution in [1.29, 1.82) is 0 Å². The molecule has 0 bridgehead atoms. The maximum atomic E-state index is 12.7. The number of likely N-dealkylation sites (tertiary alicyclic amines) is 1. The monoisotopic (exact) mass is 233 g/mol. The summed E-state index contributed by atoms with van der Waals surface area (Å²) in [5.74, 6) is -6.23. The minimum atomic E-state index is -2.87. The lowest BCUT2D eigenvalue weighted by Gasteiger charge is -2.30. The molecule has 2 atom stereocenters. The van der Waals surface area contributed by atoms with Crippen molar-refractivity contribution in [2.24, 2.45) is 11.8 Å². The van der Waals surface area contributed by atoms with Crippen LogP contribution >= 0.6 is 0 Å². The highest BCUT2D eigenvalue weighted by molar-refractivity contribution is 5.83. The van der Waals surface area contributed by atoms with E-state index >= 15 is 0 Å². The summed E-state index contributed by atoms with van der Waals surface area (Å²) in [5, 5.41) is 8.81. The fourth-order valence-electron chi connectivity index (χ4n) is 2.08. The van der Waals surface area contributed by atoms with Crippen molar-refractivity contribution in [3.8, 4) is 0 Å². The lowest BCUT2D eigenvalue weighted by atomic mass is 9.98. The number of halogens is 2. The van der Waals surface area contributed by atoms with E-state index in [1.54, 1.807) is 0 Å². The van der Waals surface area contributed by atoms with Crippen molar-refractivity contribution in [3.05, 3.63) is 0 Å². The van der Waals surface area contributed by atoms with Crippen LogP contribution in [0.1, 0.15) is 19.3 Å². The largest absolute Gasteiger partial charge is 0.481 e. The number of carbonyl (C=O) groups excluding carboxylic acids is 1. The van der Waals surface area contributed by atoms with Crippen LogP contribution in [0.3, 0.4) is 0 Å². The Balaban J connectivity index is 1.95. The summed E-state index contributed by atoms with van der Waals surface area (Å²) < 4.78 is 25.4. The second kappa shape index (κ2) is 3.68. The first-order valence-electron chi connectivity index (χ1n) is 5.31. The summed E-state index contributed by atoms with van der Waals surface area (Å²) in [6, 6.07) is 0. The van der Waals surface area contributed by atoms with E-state index in [9.17, 15) is 18.4 Å². The van der Waals surface area contributed by atoms with E-state index in [4.69, 9.17) is 5.11 Å². The van der Waals surface area contributed by atoms with Crippen molar-refractivity contribution in [2.75, 3.05) is 13.1 Å². The number of nitrogens with zero attached hydrogens (tertiary/aromatic N) is 1. The molecule has 0 aromatic heterocycles. The smallest absolute Gasteiger partial charge is 0.308 e. The molecular weight excluding hydrogens is 220 g/mol. The Labute approximate surface area is 91.2 Å². The molecule has 2 rings (SSSR count). The van der Waals surface area contributed by atoms with Crippen LogP contribution in [-0.4, -0.2) is 40.9 Å². The second-order valence-electron chi connectivity index (χ2n) is 4.48. The van der Waals surface area contributed by atoms with Crippen molar-refractivity contribution in [3.63, 3.8) is 0 Å². The van der Waals surface area contributed by atoms with E-state index in [0.717, 1.165) is 0 Å². The Morgan fingerprint density at radius 1 is 1.38 bits per heavy atom. The summed E-state index contributed by atoms with van der Waals surface area (Å²) in [6.07, 6.45) is 0.696. The molecule has 0 spiro atoms. The Morgan fingerprint density at radius 3 is 2.50 bits per heavy atom. The predicted molar refractivity (Wildman–Crippen MR) is 50.0 cm³/mol. The number of hydrogen-bond donors (Lipinski definition) is 1. The van der Waals surface area contributed by atoms with Crippen LogP contribution in [0, 0.1) is 11.8 Å². The van der Waals surface area contributed by atoms with Crippen molar-refractivity contribution in [2.45, 2.75) is 25.2 Å². The van der Waals surface area contributed by atoms with Crippen molar-refractivity contribution < 1.29 is 23.5 Å². The van der Waals surface area contributed by atoms with Gasteiger partial charge in [-0.05, 0) is 12.8 Å². The molecule has 90 valence electrons. The molecule has 16 heavy (non-hydrogen) atoms. The number of alkyl halides is 2. The molecular formula is C10H13F2NO3. The number of carboxylic acids is 1. The molecule has 4 nitrogen and oxygen atoms in total. The maximum absolute atomic E-state index is 12.7. The molecule has 0 aromatic rings. The van der Waals surface area contributed by atoms with Gasteiger partial charge in [0.1, 0.15) is 5.92 Å². The summed E-state index contributed by atoms with van der Waals surface area (Å²) in [6.45, 7) is 0.468. The standard InChI is InChI=1S/C10H13F2NO3/c11-10(12)4-7(10)8(14)13-3-1-2-6(5-13)9(15)16/h6-7H,1-5H2,(H,15,16)/t6-,7?/m0/s1. The van der Waals surface area contributed by atoms with Gasteiger partial charge in [0.15, 0.2) is 0 Å². The maximum Gasteiger partial charge on any atom is 0.308 e. The lowest BCUT2D eigenvalue weighted by Crippen LogP contribution is -2.43. The molecule has 1 unspecified atom stereocenters. The number of carboxylic acid groups (broad SMARTS) is 1.